The molecule has 4 rings (SSSR count). The highest BCUT2D eigenvalue weighted by molar-refractivity contribution is 6.23. The molecule has 1 unspecified atom stereocenters. The molecule has 3 amide bonds. The summed E-state index contributed by atoms with van der Waals surface area (Å²) in [7, 11) is 3.04. The van der Waals surface area contributed by atoms with E-state index in [1.165, 1.54) is 18.0 Å². The molecule has 0 aromatic heterocycles. The Morgan fingerprint density at radius 1 is 1.23 bits per heavy atom. The Morgan fingerprint density at radius 3 is 2.69 bits per heavy atom. The van der Waals surface area contributed by atoms with Crippen molar-refractivity contribution in [2.75, 3.05) is 20.6 Å². The van der Waals surface area contributed by atoms with Gasteiger partial charge in [-0.3, -0.25) is 14.6 Å². The fourth-order valence-corrected chi connectivity index (χ4v) is 3.38. The monoisotopic (exact) mass is 357 g/mol. The molecule has 0 saturated carbocycles. The molecular weight excluding hydrogens is 339 g/mol. The van der Waals surface area contributed by atoms with Crippen LogP contribution in [0.3, 0.4) is 0 Å². The van der Waals surface area contributed by atoms with Crippen LogP contribution in [-0.4, -0.2) is 75.5 Å². The molecule has 26 heavy (non-hydrogen) atoms. The van der Waals surface area contributed by atoms with Crippen LogP contribution < -0.4 is 0 Å². The second-order valence-electron chi connectivity index (χ2n) is 6.52. The Hall–Kier alpha value is -3.10. The van der Waals surface area contributed by atoms with E-state index in [2.05, 4.69) is 10.1 Å². The highest BCUT2D eigenvalue weighted by Crippen LogP contribution is 2.23. The maximum absolute atomic E-state index is 14.1. The number of likely N-dealkylation sites (N-methyl/N-ethyl adjacent to an activating group) is 2. The number of hydrogen-bond acceptors (Lipinski definition) is 5. The zero-order valence-corrected chi connectivity index (χ0v) is 14.7. The molecule has 1 aromatic rings. The van der Waals surface area contributed by atoms with Gasteiger partial charge in [0.25, 0.3) is 5.91 Å². The summed E-state index contributed by atoms with van der Waals surface area (Å²) in [5.41, 5.74) is 1.25. The average Bonchev–Trinajstić information content (AvgIpc) is 2.99. The summed E-state index contributed by atoms with van der Waals surface area (Å²) in [6.45, 7) is 2.44. The molecule has 3 heterocycles. The van der Waals surface area contributed by atoms with E-state index in [1.807, 2.05) is 6.92 Å². The zero-order chi connectivity index (χ0) is 18.6. The van der Waals surface area contributed by atoms with Crippen molar-refractivity contribution < 1.29 is 18.6 Å². The number of imide groups is 1. The van der Waals surface area contributed by atoms with Crippen molar-refractivity contribution in [3.8, 4) is 0 Å². The van der Waals surface area contributed by atoms with Crippen LogP contribution in [0.25, 0.3) is 0 Å². The fourth-order valence-electron chi connectivity index (χ4n) is 3.38. The van der Waals surface area contributed by atoms with Crippen LogP contribution in [0, 0.1) is 5.82 Å². The smallest absolute Gasteiger partial charge is 0.270 e. The molecule has 1 saturated heterocycles. The number of amides is 3. The molecule has 1 atom stereocenters. The second-order valence-corrected chi connectivity index (χ2v) is 6.52. The van der Waals surface area contributed by atoms with Crippen LogP contribution in [0.5, 0.6) is 0 Å². The van der Waals surface area contributed by atoms with Crippen molar-refractivity contribution in [1.29, 1.82) is 0 Å². The predicted octanol–water partition coefficient (Wildman–Crippen LogP) is 0.690. The number of hydrogen-bond donors (Lipinski definition) is 0. The van der Waals surface area contributed by atoms with Gasteiger partial charge in [-0.15, -0.1) is 10.1 Å². The Labute approximate surface area is 149 Å². The molecule has 3 aliphatic rings. The van der Waals surface area contributed by atoms with E-state index in [0.29, 0.717) is 23.9 Å². The highest BCUT2D eigenvalue weighted by atomic mass is 19.1. The summed E-state index contributed by atoms with van der Waals surface area (Å²) >= 11 is 0. The first-order valence-electron chi connectivity index (χ1n) is 8.21. The Bertz CT molecular complexity index is 922. The Kier molecular flexibility index (Phi) is 3.60. The van der Waals surface area contributed by atoms with Gasteiger partial charge < -0.3 is 0 Å². The lowest BCUT2D eigenvalue weighted by Crippen LogP contribution is -2.62. The van der Waals surface area contributed by atoms with E-state index >= 15 is 0 Å². The quantitative estimate of drug-likeness (QED) is 0.731. The van der Waals surface area contributed by atoms with Gasteiger partial charge in [0.1, 0.15) is 18.9 Å². The van der Waals surface area contributed by atoms with Crippen LogP contribution >= 0.6 is 0 Å². The van der Waals surface area contributed by atoms with E-state index < -0.39 is 12.1 Å². The average molecular weight is 357 g/mol. The molecule has 0 bridgehead atoms. The van der Waals surface area contributed by atoms with Gasteiger partial charge >= 0.3 is 12.0 Å². The number of aliphatic imine (C=N–C) groups is 1. The molecule has 0 radical (unpaired) electrons. The van der Waals surface area contributed by atoms with Crippen molar-refractivity contribution >= 4 is 29.4 Å². The summed E-state index contributed by atoms with van der Waals surface area (Å²) in [6, 6.07) is 5.36. The van der Waals surface area contributed by atoms with Gasteiger partial charge in [-0.25, -0.2) is 13.8 Å². The first-order chi connectivity index (χ1) is 12.4. The third-order valence-corrected chi connectivity index (χ3v) is 4.71. The first-order valence-corrected chi connectivity index (χ1v) is 8.21. The molecular formula is C17H18FN6O2+. The minimum absolute atomic E-state index is 0.182. The van der Waals surface area contributed by atoms with E-state index in [-0.39, 0.29) is 18.3 Å². The van der Waals surface area contributed by atoms with Crippen LogP contribution in [0.4, 0.5) is 9.18 Å². The van der Waals surface area contributed by atoms with Gasteiger partial charge in [-0.05, 0) is 13.0 Å². The highest BCUT2D eigenvalue weighted by Gasteiger charge is 2.53. The van der Waals surface area contributed by atoms with E-state index in [4.69, 9.17) is 0 Å². The zero-order valence-electron chi connectivity index (χ0n) is 14.7. The number of amidine groups is 1. The number of benzene rings is 1. The summed E-state index contributed by atoms with van der Waals surface area (Å²) in [5.74, 6) is 0.158. The normalized spacial score (nSPS) is 22.5. The number of guanidine groups is 1. The molecule has 8 nitrogen and oxygen atoms in total. The van der Waals surface area contributed by atoms with E-state index in [1.54, 1.807) is 34.8 Å². The van der Waals surface area contributed by atoms with Crippen LogP contribution in [0.15, 0.2) is 34.4 Å². The fraction of sp³-hybridized carbons (Fsp3) is 0.353. The molecule has 0 aliphatic carbocycles. The lowest BCUT2D eigenvalue weighted by molar-refractivity contribution is -0.528. The second kappa shape index (κ2) is 5.72. The maximum Gasteiger partial charge on any atom is 0.417 e. The molecule has 134 valence electrons. The topological polar surface area (TPSA) is 71.6 Å². The van der Waals surface area contributed by atoms with E-state index in [0.717, 1.165) is 10.6 Å². The number of fused-ring (bicyclic) bond motifs is 2. The van der Waals surface area contributed by atoms with Crippen LogP contribution in [-0.2, 0) is 11.3 Å². The summed E-state index contributed by atoms with van der Waals surface area (Å²) in [6.07, 6.45) is 0. The minimum atomic E-state index is -0.675. The molecule has 1 fully saturated rings. The number of urea groups is 1. The Morgan fingerprint density at radius 2 is 1.96 bits per heavy atom. The number of hydrazone groups is 1. The van der Waals surface area contributed by atoms with Gasteiger partial charge in [0.05, 0.1) is 5.71 Å². The van der Waals surface area contributed by atoms with Crippen molar-refractivity contribution in [1.82, 2.24) is 14.8 Å². The minimum Gasteiger partial charge on any atom is -0.270 e. The third-order valence-electron chi connectivity index (χ3n) is 4.71. The number of nitrogens with zero attached hydrogens (tertiary/aromatic N) is 6. The lowest BCUT2D eigenvalue weighted by Gasteiger charge is -2.32. The first kappa shape index (κ1) is 16.4. The molecule has 1 aromatic carbocycles. The van der Waals surface area contributed by atoms with Gasteiger partial charge in [0.15, 0.2) is 0 Å². The number of carbonyl (C=O) groups excluding carboxylic acids is 2. The molecule has 0 N–H and O–H groups in total. The standard InChI is InChI=1S/C17H18FN6O2/c1-10-8-23-13-14(21(2)17(26)22(3)15(13)25)19-16(23)24(20-10)9-11-6-4-5-7-12(11)18/h4-7,13H,8-9H2,1-3H3/q+1. The summed E-state index contributed by atoms with van der Waals surface area (Å²) in [4.78, 5) is 31.8. The SMILES string of the molecule is CC1=NN(Cc2ccccc2F)C2=[N+](C1)C1C(=O)N(C)C(=O)N(C)C1=N2. The predicted molar refractivity (Wildman–Crippen MR) is 92.3 cm³/mol. The molecule has 0 spiro atoms. The molecule has 3 aliphatic heterocycles. The third kappa shape index (κ3) is 2.31. The van der Waals surface area contributed by atoms with Crippen molar-refractivity contribution in [3.63, 3.8) is 0 Å². The Balaban J connectivity index is 1.75. The van der Waals surface area contributed by atoms with Gasteiger partial charge in [-0.1, -0.05) is 23.2 Å². The van der Waals surface area contributed by atoms with Crippen molar-refractivity contribution in [2.24, 2.45) is 10.1 Å². The van der Waals surface area contributed by atoms with Crippen molar-refractivity contribution in [3.05, 3.63) is 35.6 Å². The number of carbonyl (C=O) groups is 2. The van der Waals surface area contributed by atoms with Gasteiger partial charge in [-0.2, -0.15) is 0 Å². The van der Waals surface area contributed by atoms with Gasteiger partial charge in [0, 0.05) is 19.7 Å². The molecule has 9 heteroatoms. The van der Waals surface area contributed by atoms with E-state index in [9.17, 15) is 14.0 Å². The summed E-state index contributed by atoms with van der Waals surface area (Å²) in [5, 5.41) is 6.05. The lowest BCUT2D eigenvalue weighted by atomic mass is 10.1. The number of halogens is 1. The van der Waals surface area contributed by atoms with Gasteiger partial charge in [0.2, 0.25) is 11.9 Å². The largest absolute Gasteiger partial charge is 0.417 e. The maximum atomic E-state index is 14.1. The summed E-state index contributed by atoms with van der Waals surface area (Å²) < 4.78 is 15.9. The van der Waals surface area contributed by atoms with Crippen LogP contribution in [0.1, 0.15) is 12.5 Å². The number of rotatable bonds is 2. The van der Waals surface area contributed by atoms with Crippen molar-refractivity contribution in [2.45, 2.75) is 19.5 Å². The van der Waals surface area contributed by atoms with Crippen LogP contribution in [0.2, 0.25) is 0 Å².